The molecule has 2 atom stereocenters. The Bertz CT molecular complexity index is 1920. The van der Waals surface area contributed by atoms with Crippen molar-refractivity contribution in [1.82, 2.24) is 9.80 Å². The molecule has 4 heterocycles. The number of benzene rings is 2. The van der Waals surface area contributed by atoms with Gasteiger partial charge in [-0.25, -0.2) is 0 Å². The summed E-state index contributed by atoms with van der Waals surface area (Å²) in [6.45, 7) is 19.1. The number of nitrogens with two attached hydrogens (primary N) is 1. The Labute approximate surface area is 336 Å². The lowest BCUT2D eigenvalue weighted by atomic mass is 9.87. The molecule has 4 aliphatic heterocycles. The van der Waals surface area contributed by atoms with Crippen LogP contribution in [0.25, 0.3) is 0 Å². The largest absolute Gasteiger partial charge is 0.493 e. The first-order valence-corrected chi connectivity index (χ1v) is 20.0. The summed E-state index contributed by atoms with van der Waals surface area (Å²) in [5, 5.41) is 0. The lowest BCUT2D eigenvalue weighted by molar-refractivity contribution is -0.128. The predicted molar refractivity (Wildman–Crippen MR) is 221 cm³/mol. The lowest BCUT2D eigenvalue weighted by Gasteiger charge is -2.34. The highest BCUT2D eigenvalue weighted by Gasteiger charge is 2.43. The van der Waals surface area contributed by atoms with Crippen molar-refractivity contribution in [2.45, 2.75) is 90.3 Å². The van der Waals surface area contributed by atoms with Crippen LogP contribution in [-0.4, -0.2) is 112 Å². The lowest BCUT2D eigenvalue weighted by Crippen LogP contribution is -2.47. The fourth-order valence-electron chi connectivity index (χ4n) is 7.98. The molecule has 308 valence electrons. The normalized spacial score (nSPS) is 19.2. The molecular weight excluding hydrogens is 727 g/mol. The molecule has 0 bridgehead atoms. The molecule has 0 aliphatic carbocycles. The van der Waals surface area contributed by atoms with Gasteiger partial charge in [0.1, 0.15) is 0 Å². The van der Waals surface area contributed by atoms with E-state index in [1.54, 1.807) is 48.3 Å². The summed E-state index contributed by atoms with van der Waals surface area (Å²) in [6, 6.07) is 6.67. The minimum atomic E-state index is -0.785. The SMILES string of the molecule is C=C1C[C@H]2CN(C(=O)C(C)(C)CCOC(C)(C)CCN)c3cc(OCCCCCOc4cc5c(cc4OC)C(=O)N4CC(=C)C[C@H]4C=N5)c(OC)cc3C(=O)N2C1. The van der Waals surface area contributed by atoms with E-state index in [4.69, 9.17) is 29.4 Å². The highest BCUT2D eigenvalue weighted by Crippen LogP contribution is 2.42. The van der Waals surface area contributed by atoms with Crippen LogP contribution in [0.4, 0.5) is 11.4 Å². The Morgan fingerprint density at radius 3 is 2.09 bits per heavy atom. The van der Waals surface area contributed by atoms with Crippen LogP contribution in [0.15, 0.2) is 53.6 Å². The summed E-state index contributed by atoms with van der Waals surface area (Å²) in [7, 11) is 3.10. The van der Waals surface area contributed by atoms with Crippen LogP contribution in [0.2, 0.25) is 0 Å². The van der Waals surface area contributed by atoms with E-state index in [-0.39, 0.29) is 29.8 Å². The summed E-state index contributed by atoms with van der Waals surface area (Å²) >= 11 is 0. The monoisotopic (exact) mass is 785 g/mol. The van der Waals surface area contributed by atoms with Crippen molar-refractivity contribution in [2.75, 3.05) is 65.1 Å². The van der Waals surface area contributed by atoms with Crippen molar-refractivity contribution in [3.63, 3.8) is 0 Å². The first-order chi connectivity index (χ1) is 27.2. The quantitative estimate of drug-likeness (QED) is 0.140. The molecule has 0 unspecified atom stereocenters. The highest BCUT2D eigenvalue weighted by molar-refractivity contribution is 6.08. The number of carbonyl (C=O) groups is 3. The second kappa shape index (κ2) is 17.3. The van der Waals surface area contributed by atoms with Crippen molar-refractivity contribution in [2.24, 2.45) is 16.1 Å². The van der Waals surface area contributed by atoms with Gasteiger partial charge in [0.25, 0.3) is 11.8 Å². The number of carbonyl (C=O) groups excluding carboxylic acids is 3. The zero-order valence-corrected chi connectivity index (χ0v) is 34.5. The van der Waals surface area contributed by atoms with E-state index in [0.717, 1.165) is 30.4 Å². The molecule has 2 saturated heterocycles. The number of amides is 3. The molecule has 0 saturated carbocycles. The molecule has 2 aromatic carbocycles. The minimum absolute atomic E-state index is 0.0903. The maximum Gasteiger partial charge on any atom is 0.257 e. The standard InChI is InChI=1S/C44H59N5O8/c1-28-18-30-24-46-34-22-38(36(53-7)20-32(34)40(50)47(30)25-28)55-15-10-9-11-16-56-39-23-35-33(21-37(39)54-8)41(51)48-26-29(2)19-31(48)27-49(35)42(52)43(3,4)13-17-57-44(5,6)12-14-45/h20-24,30-31H,1-2,9-19,25-27,45H2,3-8H3/t30-,31-/m0/s1. The maximum atomic E-state index is 14.5. The van der Waals surface area contributed by atoms with E-state index in [0.29, 0.717) is 117 Å². The van der Waals surface area contributed by atoms with E-state index in [1.807, 2.05) is 38.8 Å². The number of unbranched alkanes of at least 4 members (excludes halogenated alkanes) is 2. The van der Waals surface area contributed by atoms with Gasteiger partial charge >= 0.3 is 0 Å². The summed E-state index contributed by atoms with van der Waals surface area (Å²) in [6.07, 6.45) is 6.63. The van der Waals surface area contributed by atoms with Gasteiger partial charge in [-0.1, -0.05) is 38.2 Å². The molecule has 0 aromatic heterocycles. The highest BCUT2D eigenvalue weighted by atomic mass is 16.5. The third-order valence-corrected chi connectivity index (χ3v) is 11.4. The molecule has 2 fully saturated rings. The van der Waals surface area contributed by atoms with Crippen molar-refractivity contribution < 1.29 is 38.1 Å². The third-order valence-electron chi connectivity index (χ3n) is 11.4. The number of rotatable bonds is 17. The number of aliphatic imine (C=N–C) groups is 1. The van der Waals surface area contributed by atoms with Gasteiger partial charge in [-0.2, -0.15) is 0 Å². The molecule has 4 aliphatic rings. The van der Waals surface area contributed by atoms with Gasteiger partial charge in [0.2, 0.25) is 5.91 Å². The molecule has 6 rings (SSSR count). The first kappa shape index (κ1) is 41.7. The fourth-order valence-corrected chi connectivity index (χ4v) is 7.98. The van der Waals surface area contributed by atoms with E-state index in [9.17, 15) is 14.4 Å². The number of hydrogen-bond donors (Lipinski definition) is 1. The number of nitrogens with zero attached hydrogens (tertiary/aromatic N) is 4. The zero-order valence-electron chi connectivity index (χ0n) is 34.5. The zero-order chi connectivity index (χ0) is 41.1. The average Bonchev–Trinajstić information content (AvgIpc) is 3.68. The molecule has 2 N–H and O–H groups in total. The van der Waals surface area contributed by atoms with Crippen LogP contribution in [0.5, 0.6) is 23.0 Å². The van der Waals surface area contributed by atoms with Crippen molar-refractivity contribution in [1.29, 1.82) is 0 Å². The van der Waals surface area contributed by atoms with E-state index in [1.165, 1.54) is 0 Å². The molecule has 13 heteroatoms. The Kier molecular flexibility index (Phi) is 12.7. The Morgan fingerprint density at radius 1 is 0.807 bits per heavy atom. The summed E-state index contributed by atoms with van der Waals surface area (Å²) in [5.41, 5.74) is 8.54. The Hall–Kier alpha value is -4.88. The molecule has 3 amide bonds. The van der Waals surface area contributed by atoms with E-state index in [2.05, 4.69) is 18.2 Å². The van der Waals surface area contributed by atoms with Crippen LogP contribution < -0.4 is 29.6 Å². The Balaban J connectivity index is 1.10. The van der Waals surface area contributed by atoms with Gasteiger partial charge in [0.15, 0.2) is 23.0 Å². The second-order valence-corrected chi connectivity index (χ2v) is 16.8. The topological polar surface area (TPSA) is 145 Å². The van der Waals surface area contributed by atoms with Crippen LogP contribution in [0.3, 0.4) is 0 Å². The van der Waals surface area contributed by atoms with Gasteiger partial charge in [-0.15, -0.1) is 0 Å². The van der Waals surface area contributed by atoms with Crippen molar-refractivity contribution >= 4 is 35.3 Å². The second-order valence-electron chi connectivity index (χ2n) is 16.8. The summed E-state index contributed by atoms with van der Waals surface area (Å²) < 4.78 is 29.9. The molecule has 0 spiro atoms. The van der Waals surface area contributed by atoms with E-state index >= 15 is 0 Å². The van der Waals surface area contributed by atoms with Gasteiger partial charge in [0.05, 0.1) is 67.6 Å². The molecule has 2 aromatic rings. The smallest absolute Gasteiger partial charge is 0.257 e. The molecule has 13 nitrogen and oxygen atoms in total. The molecular formula is C44H59N5O8. The third kappa shape index (κ3) is 9.15. The number of anilines is 1. The summed E-state index contributed by atoms with van der Waals surface area (Å²) in [5.74, 6) is 1.55. The van der Waals surface area contributed by atoms with Crippen LogP contribution in [-0.2, 0) is 9.53 Å². The maximum absolute atomic E-state index is 14.5. The van der Waals surface area contributed by atoms with Gasteiger partial charge in [-0.3, -0.25) is 19.4 Å². The number of methoxy groups -OCH3 is 2. The van der Waals surface area contributed by atoms with E-state index < -0.39 is 11.0 Å². The van der Waals surface area contributed by atoms with Gasteiger partial charge < -0.3 is 44.1 Å². The van der Waals surface area contributed by atoms with Gasteiger partial charge in [0, 0.05) is 50.0 Å². The predicted octanol–water partition coefficient (Wildman–Crippen LogP) is 6.50. The number of fused-ring (bicyclic) bond motifs is 4. The molecule has 0 radical (unpaired) electrons. The fraction of sp³-hybridized carbons (Fsp3) is 0.545. The molecule has 57 heavy (non-hydrogen) atoms. The van der Waals surface area contributed by atoms with Gasteiger partial charge in [-0.05, 0) is 77.5 Å². The average molecular weight is 786 g/mol. The van der Waals surface area contributed by atoms with Crippen molar-refractivity contribution in [3.8, 4) is 23.0 Å². The summed E-state index contributed by atoms with van der Waals surface area (Å²) in [4.78, 5) is 51.8. The Morgan fingerprint density at radius 2 is 1.42 bits per heavy atom. The van der Waals surface area contributed by atoms with Crippen molar-refractivity contribution in [3.05, 3.63) is 59.7 Å². The van der Waals surface area contributed by atoms with Crippen LogP contribution >= 0.6 is 0 Å². The minimum Gasteiger partial charge on any atom is -0.493 e. The van der Waals surface area contributed by atoms with Crippen LogP contribution in [0, 0.1) is 5.41 Å². The van der Waals surface area contributed by atoms with Crippen LogP contribution in [0.1, 0.15) is 93.4 Å². The number of hydrogen-bond acceptors (Lipinski definition) is 10. The number of ether oxygens (including phenoxy) is 5. The first-order valence-electron chi connectivity index (χ1n) is 20.0.